The van der Waals surface area contributed by atoms with Crippen LogP contribution in [-0.4, -0.2) is 16.6 Å². The largest absolute Gasteiger partial charge is 0.491 e. The van der Waals surface area contributed by atoms with Crippen LogP contribution in [0.15, 0.2) is 33.9 Å². The molecule has 5 nitrogen and oxygen atoms in total. The Hall–Kier alpha value is -2.37. The predicted molar refractivity (Wildman–Crippen MR) is 64.2 cm³/mol. The number of aromatic nitrogens is 2. The quantitative estimate of drug-likeness (QED) is 0.861. The van der Waals surface area contributed by atoms with Crippen LogP contribution in [0, 0.1) is 5.82 Å². The molecule has 0 radical (unpaired) electrons. The van der Waals surface area contributed by atoms with Gasteiger partial charge in [-0.2, -0.15) is 0 Å². The van der Waals surface area contributed by atoms with Crippen LogP contribution in [0.4, 0.5) is 4.39 Å². The number of rotatable bonds is 3. The third-order valence-electron chi connectivity index (χ3n) is 2.30. The molecule has 0 aliphatic rings. The summed E-state index contributed by atoms with van der Waals surface area (Å²) in [5, 5.41) is 0. The topological polar surface area (TPSA) is 75.0 Å². The minimum Gasteiger partial charge on any atom is -0.491 e. The van der Waals surface area contributed by atoms with Crippen LogP contribution in [-0.2, 0) is 0 Å². The number of nitrogens with one attached hydrogen (secondary N) is 2. The Balaban J connectivity index is 2.48. The van der Waals surface area contributed by atoms with Gasteiger partial charge in [0.2, 0.25) is 0 Å². The minimum absolute atomic E-state index is 0.133. The van der Waals surface area contributed by atoms with Gasteiger partial charge in [0.25, 0.3) is 5.56 Å². The molecule has 0 saturated heterocycles. The molecule has 0 aliphatic heterocycles. The summed E-state index contributed by atoms with van der Waals surface area (Å²) in [7, 11) is 0. The summed E-state index contributed by atoms with van der Waals surface area (Å²) in [5.74, 6) is -0.413. The lowest BCUT2D eigenvalue weighted by Crippen LogP contribution is -2.21. The van der Waals surface area contributed by atoms with Crippen LogP contribution < -0.4 is 16.0 Å². The Labute approximate surface area is 101 Å². The first-order chi connectivity index (χ1) is 8.60. The zero-order chi connectivity index (χ0) is 13.1. The van der Waals surface area contributed by atoms with Crippen LogP contribution in [0.25, 0.3) is 11.3 Å². The molecule has 1 heterocycles. The molecule has 0 saturated carbocycles. The van der Waals surface area contributed by atoms with Gasteiger partial charge in [0, 0.05) is 11.6 Å². The zero-order valence-corrected chi connectivity index (χ0v) is 9.62. The zero-order valence-electron chi connectivity index (χ0n) is 9.62. The SMILES string of the molecule is CCOc1ccc(-c2cc(=O)[nH]c(=O)[nH]2)cc1F. The fourth-order valence-corrected chi connectivity index (χ4v) is 1.57. The van der Waals surface area contributed by atoms with Gasteiger partial charge in [0.05, 0.1) is 12.3 Å². The second-order valence-electron chi connectivity index (χ2n) is 3.58. The fourth-order valence-electron chi connectivity index (χ4n) is 1.57. The third-order valence-corrected chi connectivity index (χ3v) is 2.30. The number of hydrogen-bond acceptors (Lipinski definition) is 3. The molecule has 18 heavy (non-hydrogen) atoms. The van der Waals surface area contributed by atoms with E-state index in [-0.39, 0.29) is 11.4 Å². The average Bonchev–Trinajstić information content (AvgIpc) is 2.30. The smallest absolute Gasteiger partial charge is 0.326 e. The second-order valence-corrected chi connectivity index (χ2v) is 3.58. The van der Waals surface area contributed by atoms with Gasteiger partial charge >= 0.3 is 5.69 Å². The number of aromatic amines is 2. The minimum atomic E-state index is -0.633. The van der Waals surface area contributed by atoms with Gasteiger partial charge in [-0.15, -0.1) is 0 Å². The number of hydrogen-bond donors (Lipinski definition) is 2. The van der Waals surface area contributed by atoms with E-state index in [2.05, 4.69) is 4.98 Å². The van der Waals surface area contributed by atoms with E-state index in [4.69, 9.17) is 4.74 Å². The van der Waals surface area contributed by atoms with E-state index in [9.17, 15) is 14.0 Å². The summed E-state index contributed by atoms with van der Waals surface area (Å²) < 4.78 is 18.7. The predicted octanol–water partition coefficient (Wildman–Crippen LogP) is 1.27. The van der Waals surface area contributed by atoms with E-state index in [0.717, 1.165) is 0 Å². The van der Waals surface area contributed by atoms with E-state index < -0.39 is 17.1 Å². The van der Waals surface area contributed by atoms with Crippen LogP contribution in [0.1, 0.15) is 6.92 Å². The van der Waals surface area contributed by atoms with E-state index in [1.807, 2.05) is 4.98 Å². The molecule has 0 amide bonds. The molecule has 0 spiro atoms. The number of H-pyrrole nitrogens is 2. The van der Waals surface area contributed by atoms with Crippen LogP contribution in [0.2, 0.25) is 0 Å². The summed E-state index contributed by atoms with van der Waals surface area (Å²) in [6.07, 6.45) is 0. The molecule has 6 heteroatoms. The van der Waals surface area contributed by atoms with Crippen molar-refractivity contribution in [1.82, 2.24) is 9.97 Å². The van der Waals surface area contributed by atoms with Crippen LogP contribution in [0.3, 0.4) is 0 Å². The van der Waals surface area contributed by atoms with Crippen molar-refractivity contribution in [2.75, 3.05) is 6.61 Å². The van der Waals surface area contributed by atoms with E-state index in [0.29, 0.717) is 12.2 Å². The first-order valence-corrected chi connectivity index (χ1v) is 5.36. The van der Waals surface area contributed by atoms with Crippen molar-refractivity contribution in [1.29, 1.82) is 0 Å². The fraction of sp³-hybridized carbons (Fsp3) is 0.167. The van der Waals surface area contributed by atoms with Gasteiger partial charge in [0.15, 0.2) is 11.6 Å². The first kappa shape index (κ1) is 12.1. The van der Waals surface area contributed by atoms with Gasteiger partial charge in [-0.25, -0.2) is 9.18 Å². The Bertz CT molecular complexity index is 647. The molecule has 1 aromatic carbocycles. The molecule has 0 fully saturated rings. The molecule has 2 N–H and O–H groups in total. The highest BCUT2D eigenvalue weighted by molar-refractivity contribution is 5.59. The standard InChI is InChI=1S/C12H11FN2O3/c1-2-18-10-4-3-7(5-8(10)13)9-6-11(16)15-12(17)14-9/h3-6H,2H2,1H3,(H2,14,15,16,17). The maximum absolute atomic E-state index is 13.6. The van der Waals surface area contributed by atoms with Crippen molar-refractivity contribution in [2.45, 2.75) is 6.92 Å². The molecular formula is C12H11FN2O3. The monoisotopic (exact) mass is 250 g/mol. The maximum Gasteiger partial charge on any atom is 0.326 e. The van der Waals surface area contributed by atoms with Crippen molar-refractivity contribution in [3.63, 3.8) is 0 Å². The van der Waals surface area contributed by atoms with Gasteiger partial charge in [0.1, 0.15) is 0 Å². The van der Waals surface area contributed by atoms with Crippen molar-refractivity contribution in [2.24, 2.45) is 0 Å². The highest BCUT2D eigenvalue weighted by Crippen LogP contribution is 2.23. The lowest BCUT2D eigenvalue weighted by atomic mass is 10.1. The Morgan fingerprint density at radius 1 is 1.22 bits per heavy atom. The third kappa shape index (κ3) is 2.48. The molecule has 2 rings (SSSR count). The molecular weight excluding hydrogens is 239 g/mol. The lowest BCUT2D eigenvalue weighted by Gasteiger charge is -2.06. The van der Waals surface area contributed by atoms with Crippen LogP contribution in [0.5, 0.6) is 5.75 Å². The van der Waals surface area contributed by atoms with Crippen molar-refractivity contribution in [3.05, 3.63) is 50.9 Å². The summed E-state index contributed by atoms with van der Waals surface area (Å²) >= 11 is 0. The Kier molecular flexibility index (Phi) is 3.27. The molecule has 2 aromatic rings. The molecule has 0 unspecified atom stereocenters. The average molecular weight is 250 g/mol. The van der Waals surface area contributed by atoms with E-state index in [1.165, 1.54) is 18.2 Å². The normalized spacial score (nSPS) is 10.3. The second kappa shape index (κ2) is 4.87. The molecule has 1 aromatic heterocycles. The Morgan fingerprint density at radius 3 is 2.61 bits per heavy atom. The molecule has 0 atom stereocenters. The van der Waals surface area contributed by atoms with E-state index >= 15 is 0 Å². The number of halogens is 1. The van der Waals surface area contributed by atoms with Gasteiger partial charge in [-0.05, 0) is 25.1 Å². The van der Waals surface area contributed by atoms with Crippen molar-refractivity contribution in [3.8, 4) is 17.0 Å². The number of ether oxygens (including phenoxy) is 1. The highest BCUT2D eigenvalue weighted by atomic mass is 19.1. The summed E-state index contributed by atoms with van der Waals surface area (Å²) in [6.45, 7) is 2.11. The summed E-state index contributed by atoms with van der Waals surface area (Å²) in [4.78, 5) is 26.7. The van der Waals surface area contributed by atoms with Crippen LogP contribution >= 0.6 is 0 Å². The maximum atomic E-state index is 13.6. The molecule has 0 bridgehead atoms. The Morgan fingerprint density at radius 2 is 2.00 bits per heavy atom. The van der Waals surface area contributed by atoms with Gasteiger partial charge in [-0.3, -0.25) is 9.78 Å². The van der Waals surface area contributed by atoms with Crippen molar-refractivity contribution < 1.29 is 9.13 Å². The van der Waals surface area contributed by atoms with Gasteiger partial charge < -0.3 is 9.72 Å². The molecule has 94 valence electrons. The van der Waals surface area contributed by atoms with E-state index in [1.54, 1.807) is 13.0 Å². The summed E-state index contributed by atoms with van der Waals surface area (Å²) in [6, 6.07) is 5.42. The summed E-state index contributed by atoms with van der Waals surface area (Å²) in [5.41, 5.74) is -0.514. The van der Waals surface area contributed by atoms with Gasteiger partial charge in [-0.1, -0.05) is 0 Å². The highest BCUT2D eigenvalue weighted by Gasteiger charge is 2.07. The number of benzene rings is 1. The molecule has 0 aliphatic carbocycles. The first-order valence-electron chi connectivity index (χ1n) is 5.36. The lowest BCUT2D eigenvalue weighted by molar-refractivity contribution is 0.321. The van der Waals surface area contributed by atoms with Crippen molar-refractivity contribution >= 4 is 0 Å².